The highest BCUT2D eigenvalue weighted by molar-refractivity contribution is 7.17. The Morgan fingerprint density at radius 3 is 2.52 bits per heavy atom. The van der Waals surface area contributed by atoms with Crippen LogP contribution in [0.1, 0.15) is 57.5 Å². The maximum absolute atomic E-state index is 14.2. The Kier molecular flexibility index (Phi) is 10.4. The van der Waals surface area contributed by atoms with E-state index in [1.807, 2.05) is 55.5 Å². The molecule has 1 aliphatic rings. The fourth-order valence-electron chi connectivity index (χ4n) is 5.24. The molecule has 0 spiro atoms. The predicted octanol–water partition coefficient (Wildman–Crippen LogP) is 6.57. The Hall–Kier alpha value is -3.64. The molecule has 7 nitrogen and oxygen atoms in total. The number of thiazole rings is 1. The number of carbonyl (C=O) groups excluding carboxylic acids is 1. The van der Waals surface area contributed by atoms with Crippen molar-refractivity contribution in [3.05, 3.63) is 106 Å². The van der Waals surface area contributed by atoms with Crippen LogP contribution < -0.4 is 5.32 Å². The summed E-state index contributed by atoms with van der Waals surface area (Å²) in [4.78, 5) is 25.5. The zero-order chi connectivity index (χ0) is 31.1. The van der Waals surface area contributed by atoms with Crippen LogP contribution in [0.5, 0.6) is 0 Å². The van der Waals surface area contributed by atoms with E-state index in [2.05, 4.69) is 25.1 Å². The Labute approximate surface area is 259 Å². The standard InChI is InChI=1S/C33H36F3N5O2S/c1-3-40(20-24-11-13-37-14-12-24)22-27-8-4-5-10-28(27)32-39-30(33(34,35)36)29(44-32)31(42)38-23(2)26-9-6-7-25(19-26)21-41-15-17-43-18-16-41/h4-14,19,23H,3,15-18,20-22H2,1-2H3,(H,38,42)/t23-/m0/s1. The van der Waals surface area contributed by atoms with Gasteiger partial charge in [-0.2, -0.15) is 13.2 Å². The van der Waals surface area contributed by atoms with E-state index in [9.17, 15) is 18.0 Å². The van der Waals surface area contributed by atoms with Crippen molar-refractivity contribution in [2.75, 3.05) is 32.8 Å². The number of hydrogen-bond donors (Lipinski definition) is 1. The quantitative estimate of drug-likeness (QED) is 0.204. The third-order valence-electron chi connectivity index (χ3n) is 7.65. The minimum Gasteiger partial charge on any atom is -0.379 e. The first-order valence-corrected chi connectivity index (χ1v) is 15.5. The van der Waals surface area contributed by atoms with Crippen molar-refractivity contribution in [3.63, 3.8) is 0 Å². The highest BCUT2D eigenvalue weighted by Crippen LogP contribution is 2.39. The number of pyridine rings is 1. The highest BCUT2D eigenvalue weighted by Gasteiger charge is 2.40. The lowest BCUT2D eigenvalue weighted by atomic mass is 10.0. The number of halogens is 3. The summed E-state index contributed by atoms with van der Waals surface area (Å²) in [6, 6.07) is 18.5. The van der Waals surface area contributed by atoms with E-state index in [1.54, 1.807) is 31.5 Å². The van der Waals surface area contributed by atoms with Gasteiger partial charge >= 0.3 is 6.18 Å². The topological polar surface area (TPSA) is 70.6 Å². The van der Waals surface area contributed by atoms with Gasteiger partial charge in [-0.1, -0.05) is 55.5 Å². The van der Waals surface area contributed by atoms with Crippen molar-refractivity contribution >= 4 is 17.2 Å². The summed E-state index contributed by atoms with van der Waals surface area (Å²) in [6.45, 7) is 9.54. The summed E-state index contributed by atoms with van der Waals surface area (Å²) in [7, 11) is 0. The number of rotatable bonds is 11. The molecule has 4 aromatic rings. The van der Waals surface area contributed by atoms with Gasteiger partial charge in [0.15, 0.2) is 5.69 Å². The minimum atomic E-state index is -4.78. The SMILES string of the molecule is CCN(Cc1ccncc1)Cc1ccccc1-c1nc(C(F)(F)F)c(C(=O)N[C@@H](C)c2cccc(CN3CCOCC3)c2)s1. The van der Waals surface area contributed by atoms with E-state index in [0.29, 0.717) is 31.9 Å². The minimum absolute atomic E-state index is 0.165. The van der Waals surface area contributed by atoms with Crippen molar-refractivity contribution in [1.29, 1.82) is 0 Å². The third kappa shape index (κ3) is 8.09. The molecule has 1 amide bonds. The molecule has 0 bridgehead atoms. The van der Waals surface area contributed by atoms with Crippen LogP contribution in [0.3, 0.4) is 0 Å². The van der Waals surface area contributed by atoms with Crippen LogP contribution in [0, 0.1) is 0 Å². The zero-order valence-electron chi connectivity index (χ0n) is 24.8. The normalized spacial score (nSPS) is 15.0. The fourth-order valence-corrected chi connectivity index (χ4v) is 6.29. The van der Waals surface area contributed by atoms with Gasteiger partial charge in [-0.25, -0.2) is 4.98 Å². The summed E-state index contributed by atoms with van der Waals surface area (Å²) in [5.41, 5.74) is 3.24. The fraction of sp³-hybridized carbons (Fsp3) is 0.364. The molecule has 1 atom stereocenters. The van der Waals surface area contributed by atoms with Crippen LogP contribution in [0.15, 0.2) is 73.1 Å². The van der Waals surface area contributed by atoms with Gasteiger partial charge in [-0.05, 0) is 47.9 Å². The predicted molar refractivity (Wildman–Crippen MR) is 165 cm³/mol. The molecule has 2 aromatic heterocycles. The monoisotopic (exact) mass is 623 g/mol. The van der Waals surface area contributed by atoms with Gasteiger partial charge in [0.2, 0.25) is 0 Å². The lowest BCUT2D eigenvalue weighted by molar-refractivity contribution is -0.141. The van der Waals surface area contributed by atoms with E-state index in [0.717, 1.165) is 59.8 Å². The van der Waals surface area contributed by atoms with E-state index in [4.69, 9.17) is 4.74 Å². The van der Waals surface area contributed by atoms with Crippen molar-refractivity contribution in [2.45, 2.75) is 45.7 Å². The summed E-state index contributed by atoms with van der Waals surface area (Å²) >= 11 is 0.776. The van der Waals surface area contributed by atoms with Gasteiger partial charge in [0.25, 0.3) is 5.91 Å². The number of hydrogen-bond acceptors (Lipinski definition) is 7. The lowest BCUT2D eigenvalue weighted by Gasteiger charge is -2.27. The largest absolute Gasteiger partial charge is 0.435 e. The molecule has 0 radical (unpaired) electrons. The molecule has 5 rings (SSSR count). The molecule has 232 valence electrons. The summed E-state index contributed by atoms with van der Waals surface area (Å²) in [5.74, 6) is -0.794. The van der Waals surface area contributed by atoms with E-state index in [1.165, 1.54) is 0 Å². The van der Waals surface area contributed by atoms with Gasteiger partial charge in [-0.3, -0.25) is 19.6 Å². The molecular weight excluding hydrogens is 587 g/mol. The summed E-state index contributed by atoms with van der Waals surface area (Å²) in [5, 5.41) is 2.95. The van der Waals surface area contributed by atoms with Gasteiger partial charge in [0.1, 0.15) is 9.88 Å². The van der Waals surface area contributed by atoms with Crippen molar-refractivity contribution < 1.29 is 22.7 Å². The van der Waals surface area contributed by atoms with Crippen LogP contribution in [0.4, 0.5) is 13.2 Å². The Balaban J connectivity index is 1.36. The van der Waals surface area contributed by atoms with Gasteiger partial charge in [-0.15, -0.1) is 11.3 Å². The molecular formula is C33H36F3N5O2S. The molecule has 1 aliphatic heterocycles. The van der Waals surface area contributed by atoms with E-state index >= 15 is 0 Å². The maximum Gasteiger partial charge on any atom is 0.435 e. The Bertz CT molecular complexity index is 1540. The number of morpholine rings is 1. The van der Waals surface area contributed by atoms with Gasteiger partial charge in [0.05, 0.1) is 19.3 Å². The first-order valence-electron chi connectivity index (χ1n) is 14.7. The second kappa shape index (κ2) is 14.4. The number of carbonyl (C=O) groups is 1. The van der Waals surface area contributed by atoms with Gasteiger partial charge < -0.3 is 10.1 Å². The number of alkyl halides is 3. The average molecular weight is 624 g/mol. The molecule has 1 saturated heterocycles. The number of benzene rings is 2. The molecule has 11 heteroatoms. The maximum atomic E-state index is 14.2. The molecule has 2 aromatic carbocycles. The zero-order valence-corrected chi connectivity index (χ0v) is 25.6. The van der Waals surface area contributed by atoms with Crippen LogP contribution in [-0.2, 0) is 30.5 Å². The summed E-state index contributed by atoms with van der Waals surface area (Å²) in [6.07, 6.45) is -1.31. The molecule has 0 aliphatic carbocycles. The molecule has 3 heterocycles. The molecule has 0 saturated carbocycles. The summed E-state index contributed by atoms with van der Waals surface area (Å²) < 4.78 is 48.1. The number of nitrogens with zero attached hydrogens (tertiary/aromatic N) is 4. The molecule has 0 unspecified atom stereocenters. The highest BCUT2D eigenvalue weighted by atomic mass is 32.1. The second-order valence-electron chi connectivity index (χ2n) is 10.8. The van der Waals surface area contributed by atoms with Crippen LogP contribution in [-0.4, -0.2) is 58.5 Å². The van der Waals surface area contributed by atoms with Crippen LogP contribution in [0.2, 0.25) is 0 Å². The van der Waals surface area contributed by atoms with Crippen molar-refractivity contribution in [1.82, 2.24) is 25.1 Å². The molecule has 1 N–H and O–H groups in total. The van der Waals surface area contributed by atoms with Crippen LogP contribution >= 0.6 is 11.3 Å². The number of nitrogens with one attached hydrogen (secondary N) is 1. The Morgan fingerprint density at radius 2 is 1.80 bits per heavy atom. The number of amides is 1. The Morgan fingerprint density at radius 1 is 1.05 bits per heavy atom. The van der Waals surface area contributed by atoms with Crippen molar-refractivity contribution in [2.24, 2.45) is 0 Å². The lowest BCUT2D eigenvalue weighted by Crippen LogP contribution is -2.35. The first kappa shape index (κ1) is 31.8. The molecule has 44 heavy (non-hydrogen) atoms. The second-order valence-corrected chi connectivity index (χ2v) is 11.8. The van der Waals surface area contributed by atoms with Crippen molar-refractivity contribution in [3.8, 4) is 10.6 Å². The molecule has 1 fully saturated rings. The van der Waals surface area contributed by atoms with E-state index in [-0.39, 0.29) is 5.01 Å². The smallest absolute Gasteiger partial charge is 0.379 e. The van der Waals surface area contributed by atoms with Crippen LogP contribution in [0.25, 0.3) is 10.6 Å². The number of ether oxygens (including phenoxy) is 1. The van der Waals surface area contributed by atoms with E-state index < -0.39 is 28.7 Å². The van der Waals surface area contributed by atoms with Gasteiger partial charge in [0, 0.05) is 50.7 Å². The first-order chi connectivity index (χ1) is 21.2. The third-order valence-corrected chi connectivity index (χ3v) is 8.74. The average Bonchev–Trinajstić information content (AvgIpc) is 3.49. The number of aromatic nitrogens is 2.